The first-order chi connectivity index (χ1) is 10.2. The third-order valence-corrected chi connectivity index (χ3v) is 3.68. The molecule has 0 saturated carbocycles. The van der Waals surface area contributed by atoms with Crippen molar-refractivity contribution >= 4 is 11.5 Å². The van der Waals surface area contributed by atoms with E-state index in [1.54, 1.807) is 0 Å². The highest BCUT2D eigenvalue weighted by Gasteiger charge is 2.19. The predicted octanol–water partition coefficient (Wildman–Crippen LogP) is 3.19. The Bertz CT molecular complexity index is 722. The topological polar surface area (TPSA) is 20.3 Å². The smallest absolute Gasteiger partial charge is 0.202 e. The first-order valence-corrected chi connectivity index (χ1v) is 7.17. The Morgan fingerprint density at radius 2 is 2.00 bits per heavy atom. The summed E-state index contributed by atoms with van der Waals surface area (Å²) in [5.41, 5.74) is 4.82. The lowest BCUT2D eigenvalue weighted by Crippen LogP contribution is -2.19. The van der Waals surface area contributed by atoms with Crippen LogP contribution in [0.5, 0.6) is 0 Å². The van der Waals surface area contributed by atoms with Crippen molar-refractivity contribution in [3.63, 3.8) is 0 Å². The van der Waals surface area contributed by atoms with Crippen LogP contribution in [0.4, 0.5) is 5.69 Å². The Morgan fingerprint density at radius 3 is 2.76 bits per heavy atom. The van der Waals surface area contributed by atoms with Crippen LogP contribution >= 0.6 is 0 Å². The summed E-state index contributed by atoms with van der Waals surface area (Å²) in [5, 5.41) is 0. The fourth-order valence-corrected chi connectivity index (χ4v) is 2.65. The highest BCUT2D eigenvalue weighted by molar-refractivity contribution is 5.93. The molecule has 0 spiro atoms. The van der Waals surface area contributed by atoms with Crippen LogP contribution in [0.1, 0.15) is 23.6 Å². The van der Waals surface area contributed by atoms with E-state index in [1.165, 1.54) is 23.7 Å². The Kier molecular flexibility index (Phi) is 3.75. The lowest BCUT2D eigenvalue weighted by molar-refractivity contribution is -0.111. The van der Waals surface area contributed by atoms with Crippen molar-refractivity contribution in [1.29, 1.82) is 0 Å². The number of carbonyl (C=O) groups is 1. The molecule has 0 atom stereocenters. The van der Waals surface area contributed by atoms with Gasteiger partial charge in [0.2, 0.25) is 5.78 Å². The van der Waals surface area contributed by atoms with E-state index in [1.807, 2.05) is 12.1 Å². The monoisotopic (exact) mass is 275 g/mol. The second-order valence-corrected chi connectivity index (χ2v) is 5.31. The van der Waals surface area contributed by atoms with E-state index in [2.05, 4.69) is 53.1 Å². The predicted molar refractivity (Wildman–Crippen MR) is 85.2 cm³/mol. The first-order valence-electron chi connectivity index (χ1n) is 7.17. The molecular formula is C19H17NO. The third kappa shape index (κ3) is 3.14. The van der Waals surface area contributed by atoms with Crippen molar-refractivity contribution in [2.75, 3.05) is 11.4 Å². The van der Waals surface area contributed by atoms with Crippen molar-refractivity contribution in [2.45, 2.75) is 19.9 Å². The zero-order valence-electron chi connectivity index (χ0n) is 12.1. The Balaban J connectivity index is 1.85. The Morgan fingerprint density at radius 1 is 1.19 bits per heavy atom. The number of nitrogens with zero attached hydrogens (tertiary/aromatic N) is 1. The van der Waals surface area contributed by atoms with E-state index < -0.39 is 0 Å². The van der Waals surface area contributed by atoms with Gasteiger partial charge in [0, 0.05) is 31.3 Å². The maximum absolute atomic E-state index is 11.0. The number of hydrogen-bond acceptors (Lipinski definition) is 2. The van der Waals surface area contributed by atoms with Gasteiger partial charge in [-0.2, -0.15) is 0 Å². The molecule has 0 radical (unpaired) electrons. The fourth-order valence-electron chi connectivity index (χ4n) is 2.65. The lowest BCUT2D eigenvalue weighted by Gasteiger charge is -2.19. The second-order valence-electron chi connectivity index (χ2n) is 5.31. The molecule has 1 heterocycles. The van der Waals surface area contributed by atoms with Crippen LogP contribution < -0.4 is 4.90 Å². The molecule has 2 heteroatoms. The van der Waals surface area contributed by atoms with Gasteiger partial charge in [-0.25, -0.2) is 0 Å². The van der Waals surface area contributed by atoms with Crippen molar-refractivity contribution in [1.82, 2.24) is 0 Å². The number of hydrogen-bond donors (Lipinski definition) is 0. The molecule has 1 aliphatic heterocycles. The molecule has 104 valence electrons. The highest BCUT2D eigenvalue weighted by Crippen LogP contribution is 2.30. The Hall–Kier alpha value is -2.53. The quantitative estimate of drug-likeness (QED) is 0.785. The minimum atomic E-state index is -0.100. The van der Waals surface area contributed by atoms with Gasteiger partial charge < -0.3 is 4.90 Å². The average molecular weight is 275 g/mol. The zero-order chi connectivity index (χ0) is 14.7. The van der Waals surface area contributed by atoms with Crippen molar-refractivity contribution < 1.29 is 4.79 Å². The minimum absolute atomic E-state index is 0.100. The van der Waals surface area contributed by atoms with Crippen molar-refractivity contribution in [2.24, 2.45) is 0 Å². The zero-order valence-corrected chi connectivity index (χ0v) is 12.1. The maximum atomic E-state index is 11.0. The molecule has 0 aromatic heterocycles. The molecule has 0 bridgehead atoms. The molecule has 3 rings (SSSR count). The van der Waals surface area contributed by atoms with Crippen LogP contribution in [-0.4, -0.2) is 12.3 Å². The minimum Gasteiger partial charge on any atom is -0.367 e. The number of rotatable bonds is 2. The van der Waals surface area contributed by atoms with E-state index in [4.69, 9.17) is 0 Å². The highest BCUT2D eigenvalue weighted by atomic mass is 16.1. The number of ketones is 1. The van der Waals surface area contributed by atoms with Gasteiger partial charge >= 0.3 is 0 Å². The summed E-state index contributed by atoms with van der Waals surface area (Å²) in [4.78, 5) is 13.4. The largest absolute Gasteiger partial charge is 0.367 e. The van der Waals surface area contributed by atoms with Gasteiger partial charge in [0.15, 0.2) is 0 Å². The first kappa shape index (κ1) is 13.5. The van der Waals surface area contributed by atoms with Crippen molar-refractivity contribution in [3.05, 3.63) is 65.2 Å². The van der Waals surface area contributed by atoms with Crippen LogP contribution in [0, 0.1) is 11.8 Å². The molecule has 0 unspecified atom stereocenters. The van der Waals surface area contributed by atoms with E-state index >= 15 is 0 Å². The van der Waals surface area contributed by atoms with Gasteiger partial charge in [0.1, 0.15) is 0 Å². The molecule has 2 aromatic carbocycles. The molecule has 0 amide bonds. The number of carbonyl (C=O) groups excluding carboxylic acids is 1. The van der Waals surface area contributed by atoms with Gasteiger partial charge in [-0.3, -0.25) is 4.79 Å². The van der Waals surface area contributed by atoms with Gasteiger partial charge in [-0.15, -0.1) is 0 Å². The molecule has 2 aromatic rings. The summed E-state index contributed by atoms with van der Waals surface area (Å²) in [6.07, 6.45) is 1.07. The van der Waals surface area contributed by atoms with Crippen LogP contribution in [0.2, 0.25) is 0 Å². The number of anilines is 1. The lowest BCUT2D eigenvalue weighted by atomic mass is 10.1. The van der Waals surface area contributed by atoms with Crippen molar-refractivity contribution in [3.8, 4) is 11.8 Å². The molecule has 21 heavy (non-hydrogen) atoms. The van der Waals surface area contributed by atoms with E-state index in [0.29, 0.717) is 0 Å². The summed E-state index contributed by atoms with van der Waals surface area (Å²) in [7, 11) is 0. The molecular weight excluding hydrogens is 258 g/mol. The van der Waals surface area contributed by atoms with Crippen LogP contribution in [0.25, 0.3) is 0 Å². The summed E-state index contributed by atoms with van der Waals surface area (Å²) in [6, 6.07) is 16.7. The fraction of sp³-hybridized carbons (Fsp3) is 0.211. The van der Waals surface area contributed by atoms with Gasteiger partial charge in [-0.1, -0.05) is 42.3 Å². The summed E-state index contributed by atoms with van der Waals surface area (Å²) >= 11 is 0. The van der Waals surface area contributed by atoms with Crippen LogP contribution in [0.3, 0.4) is 0 Å². The number of Topliss-reactive ketones (excluding diaryl/α,β-unsaturated/α-hetero) is 1. The van der Waals surface area contributed by atoms with E-state index in [0.717, 1.165) is 25.1 Å². The maximum Gasteiger partial charge on any atom is 0.202 e. The van der Waals surface area contributed by atoms with Crippen LogP contribution in [0.15, 0.2) is 48.5 Å². The molecule has 2 nitrogen and oxygen atoms in total. The van der Waals surface area contributed by atoms with Gasteiger partial charge in [0.25, 0.3) is 0 Å². The normalized spacial score (nSPS) is 12.5. The molecule has 0 N–H and O–H groups in total. The number of benzene rings is 2. The molecule has 1 aliphatic rings. The van der Waals surface area contributed by atoms with Gasteiger partial charge in [-0.05, 0) is 35.6 Å². The second kappa shape index (κ2) is 5.85. The summed E-state index contributed by atoms with van der Waals surface area (Å²) in [5.74, 6) is 5.44. The summed E-state index contributed by atoms with van der Waals surface area (Å²) in [6.45, 7) is 3.44. The number of fused-ring (bicyclic) bond motifs is 1. The van der Waals surface area contributed by atoms with E-state index in [9.17, 15) is 4.79 Å². The van der Waals surface area contributed by atoms with Crippen LogP contribution in [-0.2, 0) is 17.8 Å². The average Bonchev–Trinajstić information content (AvgIpc) is 2.89. The SMILES string of the molecule is CC(=O)C#Cc1ccc2c(c1)N(Cc1ccccc1)CC2. The molecule has 0 saturated heterocycles. The third-order valence-electron chi connectivity index (χ3n) is 3.68. The molecule has 0 fully saturated rings. The molecule has 0 aliphatic carbocycles. The van der Waals surface area contributed by atoms with Gasteiger partial charge in [0.05, 0.1) is 0 Å². The van der Waals surface area contributed by atoms with E-state index in [-0.39, 0.29) is 5.78 Å². The summed E-state index contributed by atoms with van der Waals surface area (Å²) < 4.78 is 0. The Labute approximate surface area is 125 Å². The standard InChI is InChI=1S/C19H17NO/c1-15(21)7-8-16-9-10-18-11-12-20(19(18)13-16)14-17-5-3-2-4-6-17/h2-6,9-10,13H,11-12,14H2,1H3.